The van der Waals surface area contributed by atoms with E-state index in [1.807, 2.05) is 93.0 Å². The Morgan fingerprint density at radius 1 is 0.931 bits per heavy atom. The number of phenols is 1. The van der Waals surface area contributed by atoms with Crippen molar-refractivity contribution in [3.8, 4) is 11.5 Å². The zero-order valence-electron chi connectivity index (χ0n) is 33.2. The first-order valence-corrected chi connectivity index (χ1v) is 19.3. The molecule has 3 N–H and O–H groups in total. The number of rotatable bonds is 11. The number of nitrogens with one attached hydrogen (secondary N) is 2. The average molecular weight is 784 g/mol. The van der Waals surface area contributed by atoms with E-state index in [4.69, 9.17) is 4.74 Å². The fraction of sp³-hybridized carbons (Fsp3) is 0.289. The number of aromatic nitrogens is 1. The third-order valence-corrected chi connectivity index (χ3v) is 10.3. The van der Waals surface area contributed by atoms with E-state index in [0.29, 0.717) is 22.4 Å². The largest absolute Gasteiger partial charge is 0.508 e. The van der Waals surface area contributed by atoms with E-state index in [2.05, 4.69) is 17.2 Å². The van der Waals surface area contributed by atoms with Crippen molar-refractivity contribution in [3.63, 3.8) is 0 Å². The molecule has 0 spiro atoms. The van der Waals surface area contributed by atoms with E-state index in [0.717, 1.165) is 22.2 Å². The molecule has 2 atom stereocenters. The second-order valence-electron chi connectivity index (χ2n) is 15.7. The molecule has 0 saturated carbocycles. The molecule has 4 aromatic carbocycles. The van der Waals surface area contributed by atoms with Gasteiger partial charge in [0.15, 0.2) is 0 Å². The molecule has 1 aromatic heterocycles. The predicted octanol–water partition coefficient (Wildman–Crippen LogP) is 6.05. The summed E-state index contributed by atoms with van der Waals surface area (Å²) in [6, 6.07) is 27.6. The molecule has 0 bridgehead atoms. The van der Waals surface area contributed by atoms with Gasteiger partial charge in [-0.15, -0.1) is 6.58 Å². The molecule has 2 fully saturated rings. The summed E-state index contributed by atoms with van der Waals surface area (Å²) >= 11 is 0. The number of benzene rings is 4. The number of amides is 5. The monoisotopic (exact) mass is 783 g/mol. The molecule has 0 aliphatic carbocycles. The normalized spacial score (nSPS) is 17.3. The molecule has 0 unspecified atom stereocenters. The van der Waals surface area contributed by atoms with Gasteiger partial charge in [-0.05, 0) is 73.9 Å². The third-order valence-electron chi connectivity index (χ3n) is 10.3. The molecule has 58 heavy (non-hydrogen) atoms. The second kappa shape index (κ2) is 16.5. The summed E-state index contributed by atoms with van der Waals surface area (Å²) in [7, 11) is 1.86. The van der Waals surface area contributed by atoms with Crippen LogP contribution in [0.25, 0.3) is 10.9 Å². The maximum absolute atomic E-state index is 14.7. The van der Waals surface area contributed by atoms with Crippen LogP contribution in [-0.4, -0.2) is 90.7 Å². The number of piperazine rings is 1. The molecule has 5 amide bonds. The first kappa shape index (κ1) is 39.6. The Kier molecular flexibility index (Phi) is 11.3. The van der Waals surface area contributed by atoms with Crippen molar-refractivity contribution < 1.29 is 29.0 Å². The summed E-state index contributed by atoms with van der Waals surface area (Å²) in [5.74, 6) is -0.0650. The Bertz CT molecular complexity index is 2320. The number of aryl methyl sites for hydroxylation is 1. The fourth-order valence-corrected chi connectivity index (χ4v) is 7.78. The minimum Gasteiger partial charge on any atom is -0.508 e. The van der Waals surface area contributed by atoms with Crippen LogP contribution in [0.2, 0.25) is 0 Å². The average Bonchev–Trinajstić information content (AvgIpc) is 3.54. The van der Waals surface area contributed by atoms with Crippen molar-refractivity contribution in [3.05, 3.63) is 138 Å². The highest BCUT2D eigenvalue weighted by molar-refractivity contribution is 6.13. The van der Waals surface area contributed by atoms with Crippen LogP contribution in [-0.2, 0) is 36.1 Å². The number of hydrazine groups is 1. The van der Waals surface area contributed by atoms with Gasteiger partial charge in [0.25, 0.3) is 5.91 Å². The summed E-state index contributed by atoms with van der Waals surface area (Å²) in [5.41, 5.74) is 3.95. The molecule has 13 heteroatoms. The number of aromatic hydroxyl groups is 1. The molecular weight excluding hydrogens is 735 g/mol. The number of para-hydroxylation sites is 1. The maximum atomic E-state index is 14.7. The number of urea groups is 1. The highest BCUT2D eigenvalue weighted by Gasteiger charge is 2.51. The van der Waals surface area contributed by atoms with Gasteiger partial charge in [-0.25, -0.2) is 14.8 Å². The molecule has 0 radical (unpaired) electrons. The highest BCUT2D eigenvalue weighted by atomic mass is 16.5. The Morgan fingerprint density at radius 3 is 2.34 bits per heavy atom. The van der Waals surface area contributed by atoms with Crippen molar-refractivity contribution >= 4 is 40.3 Å². The van der Waals surface area contributed by atoms with Crippen LogP contribution in [0.5, 0.6) is 11.5 Å². The van der Waals surface area contributed by atoms with E-state index in [-0.39, 0.29) is 68.2 Å². The number of ether oxygens (including phenoxy) is 1. The molecule has 3 heterocycles. The molecule has 300 valence electrons. The van der Waals surface area contributed by atoms with E-state index < -0.39 is 18.2 Å². The Hall–Kier alpha value is -6.60. The highest BCUT2D eigenvalue weighted by Crippen LogP contribution is 2.32. The van der Waals surface area contributed by atoms with Crippen molar-refractivity contribution in [1.82, 2.24) is 29.7 Å². The van der Waals surface area contributed by atoms with Crippen LogP contribution in [0.4, 0.5) is 10.5 Å². The van der Waals surface area contributed by atoms with Gasteiger partial charge in [0.1, 0.15) is 29.3 Å². The van der Waals surface area contributed by atoms with E-state index in [9.17, 15) is 24.3 Å². The molecule has 2 saturated heterocycles. The molecule has 2 aliphatic heterocycles. The van der Waals surface area contributed by atoms with Gasteiger partial charge in [-0.2, -0.15) is 0 Å². The van der Waals surface area contributed by atoms with Crippen molar-refractivity contribution in [2.24, 2.45) is 7.05 Å². The quantitative estimate of drug-likeness (QED) is 0.139. The zero-order valence-corrected chi connectivity index (χ0v) is 33.2. The molecule has 13 nitrogen and oxygen atoms in total. The van der Waals surface area contributed by atoms with Gasteiger partial charge in [0, 0.05) is 50.4 Å². The zero-order chi connectivity index (χ0) is 41.1. The number of carbonyl (C=O) groups excluding carboxylic acids is 4. The minimum absolute atomic E-state index is 0.0339. The van der Waals surface area contributed by atoms with Crippen LogP contribution >= 0.6 is 0 Å². The maximum Gasteiger partial charge on any atom is 0.334 e. The van der Waals surface area contributed by atoms with Crippen LogP contribution in [0.15, 0.2) is 116 Å². The molecule has 2 aliphatic rings. The van der Waals surface area contributed by atoms with Gasteiger partial charge in [-0.1, -0.05) is 66.7 Å². The van der Waals surface area contributed by atoms with Crippen molar-refractivity contribution in [1.29, 1.82) is 0 Å². The lowest BCUT2D eigenvalue weighted by Gasteiger charge is -2.55. The number of fused-ring (bicyclic) bond motifs is 2. The number of carbonyl (C=O) groups is 4. The van der Waals surface area contributed by atoms with Crippen LogP contribution < -0.4 is 15.4 Å². The third kappa shape index (κ3) is 8.54. The number of anilines is 1. The molecule has 7 rings (SSSR count). The Morgan fingerprint density at radius 2 is 1.66 bits per heavy atom. The lowest BCUT2D eigenvalue weighted by molar-refractivity contribution is -0.189. The number of hydrogen-bond acceptors (Lipinski definition) is 7. The minimum atomic E-state index is -0.944. The lowest BCUT2D eigenvalue weighted by atomic mass is 9.98. The summed E-state index contributed by atoms with van der Waals surface area (Å²) in [5, 5.41) is 19.9. The van der Waals surface area contributed by atoms with Crippen molar-refractivity contribution in [2.45, 2.75) is 58.1 Å². The molecule has 5 aromatic rings. The van der Waals surface area contributed by atoms with Gasteiger partial charge < -0.3 is 34.8 Å². The van der Waals surface area contributed by atoms with Gasteiger partial charge in [0.05, 0.1) is 24.2 Å². The van der Waals surface area contributed by atoms with E-state index >= 15 is 0 Å². The second-order valence-corrected chi connectivity index (χ2v) is 15.7. The van der Waals surface area contributed by atoms with Gasteiger partial charge in [0.2, 0.25) is 11.8 Å². The standard InChI is InChI=1S/C45H49N7O6/c1-6-23-50-29-40(54)51-38(24-30-15-19-34(53)20-16-30)43(56)49(28-39(51)52(50)44(57)46-25-31-11-8-7-9-12-31)26-32-13-10-14-36-37(27-48(5)41(32)36)42(55)47-33-17-21-35(22-18-33)58-45(2,3)4/h6-22,27,38-39,53H,1,23-26,28-29H2,2-5H3,(H,46,57)(H,47,55)/t38-,39-/m0/s1. The smallest absolute Gasteiger partial charge is 0.334 e. The SMILES string of the molecule is C=CCN1CC(=O)N2[C@@H](Cc3ccc(O)cc3)C(=O)N(Cc3cccc4c(C(=O)Nc5ccc(OC(C)(C)C)cc5)cn(C)c34)C[C@@H]2N1C(=O)NCc1ccccc1. The fourth-order valence-electron chi connectivity index (χ4n) is 7.78. The van der Waals surface area contributed by atoms with E-state index in [1.165, 1.54) is 0 Å². The predicted molar refractivity (Wildman–Crippen MR) is 222 cm³/mol. The van der Waals surface area contributed by atoms with Crippen LogP contribution in [0.1, 0.15) is 47.8 Å². The van der Waals surface area contributed by atoms with Crippen molar-refractivity contribution in [2.75, 3.05) is 25.0 Å². The Labute approximate surface area is 338 Å². The lowest BCUT2D eigenvalue weighted by Crippen LogP contribution is -2.76. The first-order chi connectivity index (χ1) is 27.8. The summed E-state index contributed by atoms with van der Waals surface area (Å²) in [6.07, 6.45) is 2.74. The van der Waals surface area contributed by atoms with Crippen LogP contribution in [0.3, 0.4) is 0 Å². The number of hydrogen-bond donors (Lipinski definition) is 3. The number of phenolic OH excluding ortho intramolecular Hbond substituents is 1. The summed E-state index contributed by atoms with van der Waals surface area (Å²) in [4.78, 5) is 59.9. The summed E-state index contributed by atoms with van der Waals surface area (Å²) in [6.45, 7) is 10.3. The summed E-state index contributed by atoms with van der Waals surface area (Å²) < 4.78 is 7.81. The first-order valence-electron chi connectivity index (χ1n) is 19.3. The van der Waals surface area contributed by atoms with E-state index in [1.54, 1.807) is 68.5 Å². The topological polar surface area (TPSA) is 140 Å². The molecular formula is C45H49N7O6. The Balaban J connectivity index is 1.20. The van der Waals surface area contributed by atoms with Crippen LogP contribution in [0, 0.1) is 0 Å². The number of nitrogens with zero attached hydrogens (tertiary/aromatic N) is 5. The van der Waals surface area contributed by atoms with Gasteiger partial charge in [-0.3, -0.25) is 14.4 Å². The van der Waals surface area contributed by atoms with Gasteiger partial charge >= 0.3 is 6.03 Å².